The molecule has 0 radical (unpaired) electrons. The zero-order chi connectivity index (χ0) is 10.8. The molecule has 0 amide bonds. The Labute approximate surface area is 93.4 Å². The van der Waals surface area contributed by atoms with Gasteiger partial charge in [-0.25, -0.2) is 8.42 Å². The van der Waals surface area contributed by atoms with Crippen molar-refractivity contribution in [1.82, 2.24) is 0 Å². The van der Waals surface area contributed by atoms with Crippen molar-refractivity contribution in [3.8, 4) is 0 Å². The van der Waals surface area contributed by atoms with E-state index in [0.29, 0.717) is 10.2 Å². The number of alkyl halides is 1. The molecule has 0 aliphatic carbocycles. The lowest BCUT2D eigenvalue weighted by Gasteiger charge is -2.06. The highest BCUT2D eigenvalue weighted by atomic mass is 79.9. The lowest BCUT2D eigenvalue weighted by Crippen LogP contribution is -2.09. The highest BCUT2D eigenvalue weighted by Crippen LogP contribution is 2.18. The van der Waals surface area contributed by atoms with Gasteiger partial charge in [-0.2, -0.15) is 0 Å². The number of hydrogen-bond donors (Lipinski definition) is 0. The minimum absolute atomic E-state index is 0.150. The minimum Gasteiger partial charge on any atom is -0.224 e. The van der Waals surface area contributed by atoms with E-state index in [-0.39, 0.29) is 5.75 Å². The van der Waals surface area contributed by atoms with E-state index in [1.165, 1.54) is 0 Å². The van der Waals surface area contributed by atoms with E-state index >= 15 is 0 Å². The largest absolute Gasteiger partial charge is 0.224 e. The molecule has 0 aliphatic rings. The van der Waals surface area contributed by atoms with Gasteiger partial charge in [0.15, 0.2) is 9.84 Å². The molecule has 2 nitrogen and oxygen atoms in total. The van der Waals surface area contributed by atoms with Crippen molar-refractivity contribution in [2.75, 3.05) is 11.1 Å². The first-order valence-corrected chi connectivity index (χ1v) is 7.11. The molecule has 4 heteroatoms. The maximum atomic E-state index is 11.7. The fraction of sp³-hybridized carbons (Fsp3) is 0.400. The Morgan fingerprint density at radius 2 is 1.93 bits per heavy atom. The van der Waals surface area contributed by atoms with Crippen LogP contribution in [0.5, 0.6) is 0 Å². The van der Waals surface area contributed by atoms with Gasteiger partial charge in [-0.15, -0.1) is 0 Å². The van der Waals surface area contributed by atoms with Crippen molar-refractivity contribution in [3.05, 3.63) is 29.3 Å². The van der Waals surface area contributed by atoms with Crippen LogP contribution in [0, 0.1) is 13.8 Å². The van der Waals surface area contributed by atoms with Gasteiger partial charge in [0.05, 0.1) is 10.6 Å². The molecular formula is C10H13BrO2S. The summed E-state index contributed by atoms with van der Waals surface area (Å²) in [6.07, 6.45) is 0. The molecule has 0 saturated carbocycles. The molecule has 0 heterocycles. The summed E-state index contributed by atoms with van der Waals surface area (Å²) >= 11 is 3.14. The second kappa shape index (κ2) is 4.45. The van der Waals surface area contributed by atoms with Gasteiger partial charge in [0.25, 0.3) is 0 Å². The predicted octanol–water partition coefficient (Wildman–Crippen LogP) is 2.47. The zero-order valence-corrected chi connectivity index (χ0v) is 10.7. The molecule has 0 aromatic heterocycles. The maximum absolute atomic E-state index is 11.7. The highest BCUT2D eigenvalue weighted by molar-refractivity contribution is 9.09. The van der Waals surface area contributed by atoms with Crippen LogP contribution in [0.15, 0.2) is 23.1 Å². The van der Waals surface area contributed by atoms with Crippen LogP contribution >= 0.6 is 15.9 Å². The van der Waals surface area contributed by atoms with Crippen molar-refractivity contribution in [2.45, 2.75) is 18.7 Å². The molecule has 1 rings (SSSR count). The summed E-state index contributed by atoms with van der Waals surface area (Å²) < 4.78 is 23.5. The molecule has 0 aliphatic heterocycles. The molecule has 14 heavy (non-hydrogen) atoms. The van der Waals surface area contributed by atoms with Crippen LogP contribution < -0.4 is 0 Å². The summed E-state index contributed by atoms with van der Waals surface area (Å²) in [7, 11) is -3.10. The van der Waals surface area contributed by atoms with Gasteiger partial charge in [-0.1, -0.05) is 33.6 Å². The van der Waals surface area contributed by atoms with Crippen LogP contribution in [0.2, 0.25) is 0 Å². The molecule has 0 bridgehead atoms. The first-order valence-electron chi connectivity index (χ1n) is 4.33. The normalized spacial score (nSPS) is 11.6. The molecule has 0 N–H and O–H groups in total. The lowest BCUT2D eigenvalue weighted by molar-refractivity contribution is 0.597. The van der Waals surface area contributed by atoms with E-state index in [2.05, 4.69) is 15.9 Å². The molecule has 0 spiro atoms. The van der Waals surface area contributed by atoms with Gasteiger partial charge < -0.3 is 0 Å². The Morgan fingerprint density at radius 3 is 2.43 bits per heavy atom. The van der Waals surface area contributed by atoms with Crippen molar-refractivity contribution in [2.24, 2.45) is 0 Å². The summed E-state index contributed by atoms with van der Waals surface area (Å²) in [5.74, 6) is 0.150. The van der Waals surface area contributed by atoms with Gasteiger partial charge in [-0.3, -0.25) is 0 Å². The third-order valence-electron chi connectivity index (χ3n) is 2.01. The van der Waals surface area contributed by atoms with Gasteiger partial charge in [0, 0.05) is 5.33 Å². The van der Waals surface area contributed by atoms with E-state index in [1.54, 1.807) is 6.07 Å². The van der Waals surface area contributed by atoms with Gasteiger partial charge in [-0.05, 0) is 25.5 Å². The van der Waals surface area contributed by atoms with E-state index < -0.39 is 9.84 Å². The highest BCUT2D eigenvalue weighted by Gasteiger charge is 2.15. The van der Waals surface area contributed by atoms with E-state index in [0.717, 1.165) is 11.1 Å². The van der Waals surface area contributed by atoms with E-state index in [4.69, 9.17) is 0 Å². The van der Waals surface area contributed by atoms with Gasteiger partial charge in [0.2, 0.25) is 0 Å². The third-order valence-corrected chi connectivity index (χ3v) is 4.80. The number of benzene rings is 1. The Hall–Kier alpha value is -0.350. The first-order chi connectivity index (χ1) is 6.47. The van der Waals surface area contributed by atoms with Crippen LogP contribution in [0.25, 0.3) is 0 Å². The summed E-state index contributed by atoms with van der Waals surface area (Å²) in [6.45, 7) is 3.78. The number of aryl methyl sites for hydroxylation is 2. The smallest absolute Gasteiger partial charge is 0.179 e. The second-order valence-corrected chi connectivity index (χ2v) is 6.15. The molecule has 0 saturated heterocycles. The fourth-order valence-corrected chi connectivity index (χ4v) is 3.89. The van der Waals surface area contributed by atoms with Crippen LogP contribution in [0.1, 0.15) is 11.1 Å². The predicted molar refractivity (Wildman–Crippen MR) is 61.8 cm³/mol. The zero-order valence-electron chi connectivity index (χ0n) is 8.25. The van der Waals surface area contributed by atoms with Crippen molar-refractivity contribution in [1.29, 1.82) is 0 Å². The standard InChI is InChI=1S/C10H13BrO2S/c1-8-3-4-10(9(2)7-8)14(12,13)6-5-11/h3-4,7H,5-6H2,1-2H3. The van der Waals surface area contributed by atoms with Crippen LogP contribution in [0.4, 0.5) is 0 Å². The fourth-order valence-electron chi connectivity index (χ4n) is 1.36. The van der Waals surface area contributed by atoms with Crippen molar-refractivity contribution in [3.63, 3.8) is 0 Å². The van der Waals surface area contributed by atoms with E-state index in [9.17, 15) is 8.42 Å². The quantitative estimate of drug-likeness (QED) is 0.795. The maximum Gasteiger partial charge on any atom is 0.179 e. The Kier molecular flexibility index (Phi) is 3.72. The van der Waals surface area contributed by atoms with Crippen molar-refractivity contribution >= 4 is 25.8 Å². The SMILES string of the molecule is Cc1ccc(S(=O)(=O)CCBr)c(C)c1. The number of hydrogen-bond acceptors (Lipinski definition) is 2. The van der Waals surface area contributed by atoms with Crippen LogP contribution in [-0.2, 0) is 9.84 Å². The molecule has 1 aromatic carbocycles. The van der Waals surface area contributed by atoms with Crippen molar-refractivity contribution < 1.29 is 8.42 Å². The summed E-state index contributed by atoms with van der Waals surface area (Å²) in [5.41, 5.74) is 1.91. The average molecular weight is 277 g/mol. The molecular weight excluding hydrogens is 264 g/mol. The summed E-state index contributed by atoms with van der Waals surface area (Å²) in [6, 6.07) is 5.40. The second-order valence-electron chi connectivity index (χ2n) is 3.28. The Balaban J connectivity index is 3.20. The first kappa shape index (κ1) is 11.7. The minimum atomic E-state index is -3.10. The number of sulfone groups is 1. The molecule has 0 fully saturated rings. The monoisotopic (exact) mass is 276 g/mol. The third kappa shape index (κ3) is 2.58. The molecule has 78 valence electrons. The summed E-state index contributed by atoms with van der Waals surface area (Å²) in [5, 5.41) is 0.475. The Morgan fingerprint density at radius 1 is 1.29 bits per heavy atom. The van der Waals surface area contributed by atoms with E-state index in [1.807, 2.05) is 26.0 Å². The van der Waals surface area contributed by atoms with Crippen LogP contribution in [-0.4, -0.2) is 19.5 Å². The Bertz CT molecular complexity index is 424. The van der Waals surface area contributed by atoms with Crippen LogP contribution in [0.3, 0.4) is 0 Å². The molecule has 0 unspecified atom stereocenters. The average Bonchev–Trinajstić information content (AvgIpc) is 2.02. The lowest BCUT2D eigenvalue weighted by atomic mass is 10.2. The number of rotatable bonds is 3. The summed E-state index contributed by atoms with van der Waals surface area (Å²) in [4.78, 5) is 0.447. The molecule has 1 aromatic rings. The number of halogens is 1. The van der Waals surface area contributed by atoms with Gasteiger partial charge in [0.1, 0.15) is 0 Å². The molecule has 0 atom stereocenters. The van der Waals surface area contributed by atoms with Gasteiger partial charge >= 0.3 is 0 Å². The topological polar surface area (TPSA) is 34.1 Å².